The number of hydrogen-bond acceptors (Lipinski definition) is 6. The molecule has 28 heavy (non-hydrogen) atoms. The molecule has 0 fully saturated rings. The zero-order chi connectivity index (χ0) is 19.9. The van der Waals surface area contributed by atoms with Crippen LogP contribution in [-0.2, 0) is 4.79 Å². The SMILES string of the molecule is CC(=O)Oc1ccccc1C(=O)Oc1ccc(C=Nc2ccccc2S)cc1. The van der Waals surface area contributed by atoms with Gasteiger partial charge in [0.1, 0.15) is 17.1 Å². The standard InChI is InChI=1S/C22H17NO4S/c1-15(24)26-20-8-4-2-6-18(20)22(25)27-17-12-10-16(11-13-17)14-23-19-7-3-5-9-21(19)28/h2-14,28H,1H3. The van der Waals surface area contributed by atoms with Gasteiger partial charge < -0.3 is 9.47 Å². The maximum atomic E-state index is 12.4. The number of carbonyl (C=O) groups excluding carboxylic acids is 2. The highest BCUT2D eigenvalue weighted by Gasteiger charge is 2.15. The Morgan fingerprint density at radius 2 is 1.57 bits per heavy atom. The molecule has 0 atom stereocenters. The highest BCUT2D eigenvalue weighted by atomic mass is 32.1. The molecule has 6 heteroatoms. The first kappa shape index (κ1) is 19.4. The number of hydrogen-bond donors (Lipinski definition) is 1. The molecule has 0 aliphatic carbocycles. The van der Waals surface area contributed by atoms with E-state index in [2.05, 4.69) is 17.6 Å². The number of esters is 2. The molecule has 0 bridgehead atoms. The van der Waals surface area contributed by atoms with Crippen LogP contribution in [0.5, 0.6) is 11.5 Å². The first-order valence-corrected chi connectivity index (χ1v) is 8.89. The maximum absolute atomic E-state index is 12.4. The molecule has 0 unspecified atom stereocenters. The second kappa shape index (κ2) is 9.01. The molecule has 0 aliphatic heterocycles. The predicted molar refractivity (Wildman–Crippen MR) is 110 cm³/mol. The van der Waals surface area contributed by atoms with E-state index in [0.29, 0.717) is 5.75 Å². The van der Waals surface area contributed by atoms with Gasteiger partial charge in [-0.25, -0.2) is 4.79 Å². The van der Waals surface area contributed by atoms with E-state index in [1.165, 1.54) is 19.1 Å². The minimum Gasteiger partial charge on any atom is -0.426 e. The van der Waals surface area contributed by atoms with Crippen molar-refractivity contribution in [2.75, 3.05) is 0 Å². The smallest absolute Gasteiger partial charge is 0.347 e. The average Bonchev–Trinajstić information content (AvgIpc) is 2.68. The summed E-state index contributed by atoms with van der Waals surface area (Å²) < 4.78 is 10.4. The molecule has 0 saturated carbocycles. The van der Waals surface area contributed by atoms with E-state index < -0.39 is 11.9 Å². The molecule has 0 heterocycles. The zero-order valence-corrected chi connectivity index (χ0v) is 15.9. The summed E-state index contributed by atoms with van der Waals surface area (Å²) in [5.74, 6) is -0.586. The minimum absolute atomic E-state index is 0.161. The third-order valence-corrected chi connectivity index (χ3v) is 4.06. The van der Waals surface area contributed by atoms with Crippen LogP contribution in [0, 0.1) is 0 Å². The van der Waals surface area contributed by atoms with Gasteiger partial charge >= 0.3 is 11.9 Å². The molecule has 5 nitrogen and oxygen atoms in total. The molecule has 0 spiro atoms. The fraction of sp³-hybridized carbons (Fsp3) is 0.0455. The van der Waals surface area contributed by atoms with Crippen LogP contribution in [0.3, 0.4) is 0 Å². The number of nitrogens with zero attached hydrogens (tertiary/aromatic N) is 1. The fourth-order valence-corrected chi connectivity index (χ4v) is 2.60. The van der Waals surface area contributed by atoms with Gasteiger partial charge in [-0.2, -0.15) is 0 Å². The van der Waals surface area contributed by atoms with Crippen LogP contribution < -0.4 is 9.47 Å². The lowest BCUT2D eigenvalue weighted by molar-refractivity contribution is -0.131. The van der Waals surface area contributed by atoms with Gasteiger partial charge in [-0.15, -0.1) is 12.6 Å². The third-order valence-electron chi connectivity index (χ3n) is 3.69. The van der Waals surface area contributed by atoms with E-state index in [-0.39, 0.29) is 11.3 Å². The van der Waals surface area contributed by atoms with E-state index in [0.717, 1.165) is 16.1 Å². The molecular weight excluding hydrogens is 374 g/mol. The number of ether oxygens (including phenoxy) is 2. The summed E-state index contributed by atoms with van der Waals surface area (Å²) in [6.07, 6.45) is 1.71. The average molecular weight is 391 g/mol. The topological polar surface area (TPSA) is 65.0 Å². The Balaban J connectivity index is 1.70. The number of carbonyl (C=O) groups is 2. The lowest BCUT2D eigenvalue weighted by atomic mass is 10.2. The second-order valence-electron chi connectivity index (χ2n) is 5.80. The Hall–Kier alpha value is -3.38. The molecule has 0 amide bonds. The van der Waals surface area contributed by atoms with E-state index in [9.17, 15) is 9.59 Å². The van der Waals surface area contributed by atoms with Gasteiger partial charge in [0, 0.05) is 18.0 Å². The third kappa shape index (κ3) is 5.08. The van der Waals surface area contributed by atoms with Crippen molar-refractivity contribution in [2.45, 2.75) is 11.8 Å². The van der Waals surface area contributed by atoms with Crippen molar-refractivity contribution < 1.29 is 19.1 Å². The van der Waals surface area contributed by atoms with E-state index in [1.807, 2.05) is 24.3 Å². The maximum Gasteiger partial charge on any atom is 0.347 e. The molecule has 140 valence electrons. The van der Waals surface area contributed by atoms with E-state index in [4.69, 9.17) is 9.47 Å². The Morgan fingerprint density at radius 1 is 0.893 bits per heavy atom. The van der Waals surface area contributed by atoms with E-state index >= 15 is 0 Å². The molecular formula is C22H17NO4S. The number of rotatable bonds is 5. The highest BCUT2D eigenvalue weighted by molar-refractivity contribution is 7.80. The molecule has 0 N–H and O–H groups in total. The normalized spacial score (nSPS) is 10.6. The number of para-hydroxylation sites is 2. The monoisotopic (exact) mass is 391 g/mol. The molecule has 3 aromatic carbocycles. The van der Waals surface area contributed by atoms with Crippen LogP contribution in [0.1, 0.15) is 22.8 Å². The predicted octanol–water partition coefficient (Wildman–Crippen LogP) is 4.87. The summed E-state index contributed by atoms with van der Waals surface area (Å²) in [7, 11) is 0. The number of thiol groups is 1. The van der Waals surface area contributed by atoms with Crippen LogP contribution in [0.25, 0.3) is 0 Å². The summed E-state index contributed by atoms with van der Waals surface area (Å²) in [6, 6.07) is 20.8. The van der Waals surface area contributed by atoms with Crippen LogP contribution in [0.15, 0.2) is 82.7 Å². The van der Waals surface area contributed by atoms with Gasteiger partial charge in [0.05, 0.1) is 5.69 Å². The van der Waals surface area contributed by atoms with Crippen molar-refractivity contribution in [3.05, 3.63) is 83.9 Å². The Bertz CT molecular complexity index is 1030. The van der Waals surface area contributed by atoms with Gasteiger partial charge in [0.15, 0.2) is 0 Å². The van der Waals surface area contributed by atoms with Crippen LogP contribution in [0.2, 0.25) is 0 Å². The quantitative estimate of drug-likeness (QED) is 0.292. The van der Waals surface area contributed by atoms with Gasteiger partial charge in [0.2, 0.25) is 0 Å². The Morgan fingerprint density at radius 3 is 2.29 bits per heavy atom. The van der Waals surface area contributed by atoms with Crippen molar-refractivity contribution in [3.63, 3.8) is 0 Å². The van der Waals surface area contributed by atoms with Gasteiger partial charge in [0.25, 0.3) is 0 Å². The lowest BCUT2D eigenvalue weighted by Gasteiger charge is -2.08. The van der Waals surface area contributed by atoms with Crippen molar-refractivity contribution in [3.8, 4) is 11.5 Å². The first-order valence-electron chi connectivity index (χ1n) is 8.44. The fourth-order valence-electron chi connectivity index (χ4n) is 2.38. The molecule has 0 aromatic heterocycles. The first-order chi connectivity index (χ1) is 13.5. The summed E-state index contributed by atoms with van der Waals surface area (Å²) in [6.45, 7) is 1.27. The molecule has 0 aliphatic rings. The highest BCUT2D eigenvalue weighted by Crippen LogP contribution is 2.23. The van der Waals surface area contributed by atoms with Crippen LogP contribution in [-0.4, -0.2) is 18.2 Å². The molecule has 0 radical (unpaired) electrons. The Kier molecular flexibility index (Phi) is 6.24. The minimum atomic E-state index is -0.609. The van der Waals surface area contributed by atoms with Gasteiger partial charge in [-0.1, -0.05) is 24.3 Å². The summed E-state index contributed by atoms with van der Waals surface area (Å²) in [4.78, 5) is 28.8. The molecule has 3 rings (SSSR count). The largest absolute Gasteiger partial charge is 0.426 e. The van der Waals surface area contributed by atoms with Crippen molar-refractivity contribution in [1.29, 1.82) is 0 Å². The van der Waals surface area contributed by atoms with Crippen LogP contribution >= 0.6 is 12.6 Å². The molecule has 0 saturated heterocycles. The van der Waals surface area contributed by atoms with Crippen LogP contribution in [0.4, 0.5) is 5.69 Å². The van der Waals surface area contributed by atoms with Gasteiger partial charge in [-0.3, -0.25) is 9.79 Å². The Labute approximate surface area is 168 Å². The lowest BCUT2D eigenvalue weighted by Crippen LogP contribution is -2.12. The summed E-state index contributed by atoms with van der Waals surface area (Å²) >= 11 is 4.36. The van der Waals surface area contributed by atoms with Crippen molar-refractivity contribution in [1.82, 2.24) is 0 Å². The summed E-state index contributed by atoms with van der Waals surface area (Å²) in [5.41, 5.74) is 1.79. The van der Waals surface area contributed by atoms with Crippen molar-refractivity contribution >= 4 is 36.5 Å². The van der Waals surface area contributed by atoms with Crippen molar-refractivity contribution in [2.24, 2.45) is 4.99 Å². The van der Waals surface area contributed by atoms with E-state index in [1.54, 1.807) is 42.6 Å². The number of benzene rings is 3. The molecule has 3 aromatic rings. The van der Waals surface area contributed by atoms with Gasteiger partial charge in [-0.05, 0) is 54.1 Å². The second-order valence-corrected chi connectivity index (χ2v) is 6.28. The zero-order valence-electron chi connectivity index (χ0n) is 15.0. The number of aliphatic imine (C=N–C) groups is 1. The summed E-state index contributed by atoms with van der Waals surface area (Å²) in [5, 5.41) is 0.